The first kappa shape index (κ1) is 15.9. The fraction of sp³-hybridized carbons (Fsp3) is 0.238. The van der Waals surface area contributed by atoms with Crippen LogP contribution in [0.25, 0.3) is 10.8 Å². The zero-order valence-electron chi connectivity index (χ0n) is 14.0. The van der Waals surface area contributed by atoms with Crippen molar-refractivity contribution in [1.82, 2.24) is 0 Å². The van der Waals surface area contributed by atoms with Crippen LogP contribution in [0.5, 0.6) is 5.75 Å². The first-order valence-corrected chi connectivity index (χ1v) is 9.28. The first-order valence-electron chi connectivity index (χ1n) is 8.46. The lowest BCUT2D eigenvalue weighted by Crippen LogP contribution is -2.09. The van der Waals surface area contributed by atoms with Gasteiger partial charge in [0.1, 0.15) is 16.8 Å². The number of phenolic OH excluding ortho intramolecular Hbond substituents is 1. The molecule has 1 aliphatic rings. The highest BCUT2D eigenvalue weighted by Gasteiger charge is 2.23. The molecular formula is C21H18N2OS. The molecule has 1 aliphatic carbocycles. The predicted octanol–water partition coefficient (Wildman–Crippen LogP) is 5.35. The Kier molecular flexibility index (Phi) is 4.03. The lowest BCUT2D eigenvalue weighted by molar-refractivity contribution is 0.475. The molecule has 3 aromatic rings. The molecule has 1 atom stereocenters. The number of phenols is 1. The minimum atomic E-state index is 0.205. The standard InChI is InChI=1S/C21H18N2OS/c1-13-6-8-16-17(11-22)21(25-20(16)10-13)23-12-18-15-5-3-2-4-14(15)7-9-19(18)24/h2-5,7,9,12-13,24H,6,8,10H2,1H3/t13-/m1/s1. The van der Waals surface area contributed by atoms with E-state index in [0.29, 0.717) is 17.0 Å². The van der Waals surface area contributed by atoms with Crippen molar-refractivity contribution in [3.8, 4) is 11.8 Å². The van der Waals surface area contributed by atoms with Gasteiger partial charge < -0.3 is 5.11 Å². The fourth-order valence-electron chi connectivity index (χ4n) is 3.49. The van der Waals surface area contributed by atoms with Crippen molar-refractivity contribution in [1.29, 1.82) is 5.26 Å². The summed E-state index contributed by atoms with van der Waals surface area (Å²) in [4.78, 5) is 5.90. The van der Waals surface area contributed by atoms with Gasteiger partial charge in [-0.2, -0.15) is 5.26 Å². The molecule has 4 rings (SSSR count). The second-order valence-electron chi connectivity index (χ2n) is 6.62. The van der Waals surface area contributed by atoms with Gasteiger partial charge in [-0.25, -0.2) is 4.99 Å². The molecule has 0 saturated carbocycles. The average Bonchev–Trinajstić information content (AvgIpc) is 2.97. The molecule has 1 heterocycles. The van der Waals surface area contributed by atoms with Crippen molar-refractivity contribution in [3.05, 3.63) is 58.0 Å². The molecule has 2 aromatic carbocycles. The summed E-state index contributed by atoms with van der Waals surface area (Å²) in [6, 6.07) is 13.8. The molecule has 1 aromatic heterocycles. The minimum Gasteiger partial charge on any atom is -0.507 e. The maximum absolute atomic E-state index is 10.3. The van der Waals surface area contributed by atoms with Gasteiger partial charge >= 0.3 is 0 Å². The highest BCUT2D eigenvalue weighted by atomic mass is 32.1. The van der Waals surface area contributed by atoms with Gasteiger partial charge in [-0.05, 0) is 47.6 Å². The number of nitriles is 1. The van der Waals surface area contributed by atoms with Crippen LogP contribution in [0, 0.1) is 17.2 Å². The predicted molar refractivity (Wildman–Crippen MR) is 103 cm³/mol. The van der Waals surface area contributed by atoms with Crippen LogP contribution in [-0.2, 0) is 12.8 Å². The van der Waals surface area contributed by atoms with E-state index in [2.05, 4.69) is 18.0 Å². The van der Waals surface area contributed by atoms with Gasteiger partial charge in [0.2, 0.25) is 0 Å². The Morgan fingerprint density at radius 2 is 2.12 bits per heavy atom. The highest BCUT2D eigenvalue weighted by Crippen LogP contribution is 2.41. The third kappa shape index (κ3) is 2.81. The zero-order chi connectivity index (χ0) is 17.4. The van der Waals surface area contributed by atoms with E-state index >= 15 is 0 Å². The van der Waals surface area contributed by atoms with E-state index in [1.165, 1.54) is 10.4 Å². The van der Waals surface area contributed by atoms with Crippen LogP contribution >= 0.6 is 11.3 Å². The zero-order valence-corrected chi connectivity index (χ0v) is 14.8. The van der Waals surface area contributed by atoms with Crippen LogP contribution in [0.3, 0.4) is 0 Å². The Balaban J connectivity index is 1.79. The van der Waals surface area contributed by atoms with E-state index in [1.807, 2.05) is 30.3 Å². The van der Waals surface area contributed by atoms with Crippen LogP contribution in [0.2, 0.25) is 0 Å². The van der Waals surface area contributed by atoms with E-state index < -0.39 is 0 Å². The number of aliphatic imine (C=N–C) groups is 1. The van der Waals surface area contributed by atoms with Gasteiger partial charge in [0, 0.05) is 16.7 Å². The molecule has 25 heavy (non-hydrogen) atoms. The van der Waals surface area contributed by atoms with E-state index in [4.69, 9.17) is 0 Å². The Morgan fingerprint density at radius 1 is 1.28 bits per heavy atom. The number of rotatable bonds is 2. The van der Waals surface area contributed by atoms with E-state index in [-0.39, 0.29) is 5.75 Å². The lowest BCUT2D eigenvalue weighted by atomic mass is 9.89. The van der Waals surface area contributed by atoms with Crippen LogP contribution in [0.15, 0.2) is 41.4 Å². The van der Waals surface area contributed by atoms with Gasteiger partial charge in [0.25, 0.3) is 0 Å². The Bertz CT molecular complexity index is 1030. The summed E-state index contributed by atoms with van der Waals surface area (Å²) < 4.78 is 0. The molecule has 0 spiro atoms. The molecule has 0 fully saturated rings. The number of fused-ring (bicyclic) bond motifs is 2. The maximum atomic E-state index is 10.3. The molecule has 0 radical (unpaired) electrons. The third-order valence-electron chi connectivity index (χ3n) is 4.86. The van der Waals surface area contributed by atoms with Crippen LogP contribution < -0.4 is 0 Å². The average molecular weight is 346 g/mol. The van der Waals surface area contributed by atoms with Crippen molar-refractivity contribution in [3.63, 3.8) is 0 Å². The van der Waals surface area contributed by atoms with Crippen molar-refractivity contribution < 1.29 is 5.11 Å². The van der Waals surface area contributed by atoms with Crippen molar-refractivity contribution in [2.45, 2.75) is 26.2 Å². The van der Waals surface area contributed by atoms with Crippen LogP contribution in [0.1, 0.15) is 34.9 Å². The molecule has 0 saturated heterocycles. The molecule has 4 heteroatoms. The topological polar surface area (TPSA) is 56.4 Å². The maximum Gasteiger partial charge on any atom is 0.134 e. The van der Waals surface area contributed by atoms with Crippen molar-refractivity contribution in [2.75, 3.05) is 0 Å². The monoisotopic (exact) mass is 346 g/mol. The Labute approximate surface area is 150 Å². The minimum absolute atomic E-state index is 0.205. The summed E-state index contributed by atoms with van der Waals surface area (Å²) in [6.07, 6.45) is 4.82. The van der Waals surface area contributed by atoms with Crippen molar-refractivity contribution in [2.24, 2.45) is 10.9 Å². The van der Waals surface area contributed by atoms with E-state index in [0.717, 1.165) is 35.0 Å². The van der Waals surface area contributed by atoms with Gasteiger partial charge in [-0.15, -0.1) is 11.3 Å². The number of hydrogen-bond donors (Lipinski definition) is 1. The molecule has 0 bridgehead atoms. The van der Waals surface area contributed by atoms with Gasteiger partial charge in [0.05, 0.1) is 5.56 Å². The molecule has 1 N–H and O–H groups in total. The molecule has 0 unspecified atom stereocenters. The second-order valence-corrected chi connectivity index (χ2v) is 7.71. The summed E-state index contributed by atoms with van der Waals surface area (Å²) >= 11 is 1.62. The van der Waals surface area contributed by atoms with Crippen LogP contribution in [-0.4, -0.2) is 11.3 Å². The summed E-state index contributed by atoms with van der Waals surface area (Å²) in [5.74, 6) is 0.868. The molecule has 0 aliphatic heterocycles. The summed E-state index contributed by atoms with van der Waals surface area (Å²) in [6.45, 7) is 2.26. The Morgan fingerprint density at radius 3 is 2.96 bits per heavy atom. The number of nitrogens with zero attached hydrogens (tertiary/aromatic N) is 2. The number of hydrogen-bond acceptors (Lipinski definition) is 4. The third-order valence-corrected chi connectivity index (χ3v) is 6.03. The normalized spacial score (nSPS) is 16.9. The number of thiophene rings is 1. The van der Waals surface area contributed by atoms with Crippen LogP contribution in [0.4, 0.5) is 5.00 Å². The van der Waals surface area contributed by atoms with Gasteiger partial charge in [-0.1, -0.05) is 37.3 Å². The SMILES string of the molecule is C[C@@H]1CCc2c(sc(N=Cc3c(O)ccc4ccccc34)c2C#N)C1. The van der Waals surface area contributed by atoms with E-state index in [1.54, 1.807) is 23.6 Å². The molecular weight excluding hydrogens is 328 g/mol. The second kappa shape index (κ2) is 6.34. The molecule has 124 valence electrons. The first-order chi connectivity index (χ1) is 12.2. The number of benzene rings is 2. The summed E-state index contributed by atoms with van der Waals surface area (Å²) in [5.41, 5.74) is 2.59. The molecule has 3 nitrogen and oxygen atoms in total. The van der Waals surface area contributed by atoms with Gasteiger partial charge in [-0.3, -0.25) is 0 Å². The highest BCUT2D eigenvalue weighted by molar-refractivity contribution is 7.16. The summed E-state index contributed by atoms with van der Waals surface area (Å²) in [7, 11) is 0. The summed E-state index contributed by atoms with van der Waals surface area (Å²) in [5, 5.41) is 22.6. The van der Waals surface area contributed by atoms with Crippen molar-refractivity contribution >= 4 is 33.3 Å². The smallest absolute Gasteiger partial charge is 0.134 e. The quantitative estimate of drug-likeness (QED) is 0.636. The van der Waals surface area contributed by atoms with Gasteiger partial charge in [0.15, 0.2) is 0 Å². The molecule has 0 amide bonds. The van der Waals surface area contributed by atoms with E-state index in [9.17, 15) is 10.4 Å². The lowest BCUT2D eigenvalue weighted by Gasteiger charge is -2.17. The fourth-order valence-corrected chi connectivity index (χ4v) is 4.79. The number of aromatic hydroxyl groups is 1. The Hall–Kier alpha value is -2.64. The largest absolute Gasteiger partial charge is 0.507 e.